The second-order valence-corrected chi connectivity index (χ2v) is 13.3. The summed E-state index contributed by atoms with van der Waals surface area (Å²) in [5.74, 6) is 0. The van der Waals surface area contributed by atoms with Crippen molar-refractivity contribution in [2.45, 2.75) is 0 Å². The maximum atomic E-state index is 2.49. The zero-order valence-electron chi connectivity index (χ0n) is 28.0. The molecule has 0 aliphatic rings. The standard InChI is InChI=1S/C50H33N/c1-3-13-34(14-4-1)37-25-29-49-47(32-37)45-21-11-9-19-43(45)44-20-10-12-22-46(44)48-33-38(35-15-5-2-6-16-35)26-30-50(48)51(49)40-27-28-42-39(31-40)24-23-36-17-7-8-18-41(36)42/h1-33H. The minimum atomic E-state index is 1.12. The average molecular weight is 648 g/mol. The van der Waals surface area contributed by atoms with Crippen LogP contribution in [-0.2, 0) is 0 Å². The van der Waals surface area contributed by atoms with Crippen LogP contribution in [0, 0.1) is 0 Å². The van der Waals surface area contributed by atoms with Gasteiger partial charge in [-0.1, -0.05) is 164 Å². The Kier molecular flexibility index (Phi) is 6.89. The molecule has 0 amide bonds. The monoisotopic (exact) mass is 647 g/mol. The molecule has 0 spiro atoms. The molecule has 51 heavy (non-hydrogen) atoms. The van der Waals surface area contributed by atoms with Crippen molar-refractivity contribution < 1.29 is 0 Å². The molecule has 0 N–H and O–H groups in total. The second kappa shape index (κ2) is 12.0. The Morgan fingerprint density at radius 3 is 1.22 bits per heavy atom. The van der Waals surface area contributed by atoms with E-state index in [0.717, 1.165) is 16.7 Å². The van der Waals surface area contributed by atoms with Gasteiger partial charge in [-0.3, -0.25) is 0 Å². The van der Waals surface area contributed by atoms with E-state index < -0.39 is 0 Å². The van der Waals surface area contributed by atoms with Gasteiger partial charge in [-0.2, -0.15) is 0 Å². The van der Waals surface area contributed by atoms with Crippen LogP contribution < -0.4 is 0 Å². The van der Waals surface area contributed by atoms with E-state index in [4.69, 9.17) is 0 Å². The average Bonchev–Trinajstić information content (AvgIpc) is 3.25. The number of fused-ring (bicyclic) bond motifs is 10. The molecule has 1 nitrogen and oxygen atoms in total. The first kappa shape index (κ1) is 29.2. The normalized spacial score (nSPS) is 11.5. The molecule has 0 fully saturated rings. The highest BCUT2D eigenvalue weighted by molar-refractivity contribution is 6.20. The second-order valence-electron chi connectivity index (χ2n) is 13.3. The molecule has 0 saturated heterocycles. The Hall–Kier alpha value is -6.70. The van der Waals surface area contributed by atoms with E-state index in [2.05, 4.69) is 205 Å². The van der Waals surface area contributed by atoms with Crippen LogP contribution in [0.3, 0.4) is 0 Å². The summed E-state index contributed by atoms with van der Waals surface area (Å²) in [6, 6.07) is 73.4. The van der Waals surface area contributed by atoms with E-state index in [9.17, 15) is 0 Å². The molecule has 10 rings (SSSR count). The van der Waals surface area contributed by atoms with Gasteiger partial charge >= 0.3 is 0 Å². The van der Waals surface area contributed by atoms with Gasteiger partial charge in [0.05, 0.1) is 11.0 Å². The van der Waals surface area contributed by atoms with Crippen LogP contribution in [0.25, 0.3) is 92.8 Å². The molecular weight excluding hydrogens is 615 g/mol. The quantitative estimate of drug-likeness (QED) is 0.168. The Bertz CT molecular complexity index is 2860. The molecule has 0 saturated carbocycles. The summed E-state index contributed by atoms with van der Waals surface area (Å²) >= 11 is 0. The maximum absolute atomic E-state index is 2.49. The fourth-order valence-corrected chi connectivity index (χ4v) is 7.97. The van der Waals surface area contributed by atoms with Crippen molar-refractivity contribution in [1.82, 2.24) is 4.57 Å². The summed E-state index contributed by atoms with van der Waals surface area (Å²) in [6.45, 7) is 0. The van der Waals surface area contributed by atoms with Crippen molar-refractivity contribution >= 4 is 64.9 Å². The molecule has 0 aliphatic carbocycles. The van der Waals surface area contributed by atoms with Gasteiger partial charge in [0.1, 0.15) is 0 Å². The molecule has 1 heteroatoms. The minimum absolute atomic E-state index is 1.12. The molecule has 10 aromatic rings. The van der Waals surface area contributed by atoms with Crippen LogP contribution in [0.1, 0.15) is 0 Å². The third-order valence-corrected chi connectivity index (χ3v) is 10.4. The number of aromatic nitrogens is 1. The molecule has 9 aromatic carbocycles. The third-order valence-electron chi connectivity index (χ3n) is 10.4. The summed E-state index contributed by atoms with van der Waals surface area (Å²) in [6.07, 6.45) is 0. The first-order valence-electron chi connectivity index (χ1n) is 17.6. The number of nitrogens with zero attached hydrogens (tertiary/aromatic N) is 1. The summed E-state index contributed by atoms with van der Waals surface area (Å²) in [5, 5.41) is 12.3. The van der Waals surface area contributed by atoms with Crippen LogP contribution in [0.2, 0.25) is 0 Å². The predicted molar refractivity (Wildman–Crippen MR) is 219 cm³/mol. The highest BCUT2D eigenvalue weighted by atomic mass is 15.0. The van der Waals surface area contributed by atoms with E-state index in [1.54, 1.807) is 0 Å². The molecule has 0 aliphatic heterocycles. The van der Waals surface area contributed by atoms with Crippen LogP contribution in [0.5, 0.6) is 0 Å². The van der Waals surface area contributed by atoms with E-state index >= 15 is 0 Å². The largest absolute Gasteiger partial charge is 0.309 e. The molecule has 0 bridgehead atoms. The highest BCUT2D eigenvalue weighted by Gasteiger charge is 2.14. The zero-order valence-corrected chi connectivity index (χ0v) is 28.0. The fraction of sp³-hybridized carbons (Fsp3) is 0. The Balaban J connectivity index is 1.44. The topological polar surface area (TPSA) is 4.93 Å². The van der Waals surface area contributed by atoms with E-state index in [0.29, 0.717) is 0 Å². The minimum Gasteiger partial charge on any atom is -0.309 e. The lowest BCUT2D eigenvalue weighted by Gasteiger charge is -2.16. The Labute approximate surface area is 296 Å². The molecule has 238 valence electrons. The zero-order chi connectivity index (χ0) is 33.7. The molecule has 0 atom stereocenters. The van der Waals surface area contributed by atoms with Crippen LogP contribution in [0.15, 0.2) is 200 Å². The number of hydrogen-bond donors (Lipinski definition) is 0. The Morgan fingerprint density at radius 1 is 0.235 bits per heavy atom. The molecule has 1 aromatic heterocycles. The third kappa shape index (κ3) is 4.94. The van der Waals surface area contributed by atoms with Gasteiger partial charge in [0.2, 0.25) is 0 Å². The van der Waals surface area contributed by atoms with Gasteiger partial charge in [0.25, 0.3) is 0 Å². The lowest BCUT2D eigenvalue weighted by Crippen LogP contribution is -1.99. The number of hydrogen-bond acceptors (Lipinski definition) is 0. The highest BCUT2D eigenvalue weighted by Crippen LogP contribution is 2.38. The lowest BCUT2D eigenvalue weighted by molar-refractivity contribution is 1.18. The van der Waals surface area contributed by atoms with Crippen molar-refractivity contribution in [1.29, 1.82) is 0 Å². The maximum Gasteiger partial charge on any atom is 0.0540 e. The lowest BCUT2D eigenvalue weighted by atomic mass is 9.98. The van der Waals surface area contributed by atoms with Crippen LogP contribution in [-0.4, -0.2) is 4.57 Å². The van der Waals surface area contributed by atoms with Gasteiger partial charge in [0.15, 0.2) is 0 Å². The number of benzene rings is 9. The van der Waals surface area contributed by atoms with Gasteiger partial charge in [-0.25, -0.2) is 0 Å². The number of rotatable bonds is 3. The molecule has 0 radical (unpaired) electrons. The van der Waals surface area contributed by atoms with Gasteiger partial charge in [-0.15, -0.1) is 0 Å². The van der Waals surface area contributed by atoms with Crippen molar-refractivity contribution in [2.75, 3.05) is 0 Å². The van der Waals surface area contributed by atoms with Crippen LogP contribution in [0.4, 0.5) is 0 Å². The molecule has 0 unspecified atom stereocenters. The van der Waals surface area contributed by atoms with Crippen molar-refractivity contribution in [2.24, 2.45) is 0 Å². The van der Waals surface area contributed by atoms with Gasteiger partial charge in [0, 0.05) is 16.5 Å². The fourth-order valence-electron chi connectivity index (χ4n) is 7.97. The van der Waals surface area contributed by atoms with E-state index in [1.165, 1.54) is 76.1 Å². The van der Waals surface area contributed by atoms with E-state index in [-0.39, 0.29) is 0 Å². The van der Waals surface area contributed by atoms with Gasteiger partial charge in [-0.05, 0) is 102 Å². The van der Waals surface area contributed by atoms with Gasteiger partial charge < -0.3 is 4.57 Å². The first-order valence-corrected chi connectivity index (χ1v) is 17.6. The van der Waals surface area contributed by atoms with Crippen molar-refractivity contribution in [3.8, 4) is 27.9 Å². The Morgan fingerprint density at radius 2 is 0.667 bits per heavy atom. The summed E-state index contributed by atoms with van der Waals surface area (Å²) in [7, 11) is 0. The first-order chi connectivity index (χ1) is 25.3. The summed E-state index contributed by atoms with van der Waals surface area (Å²) in [5.41, 5.74) is 8.21. The summed E-state index contributed by atoms with van der Waals surface area (Å²) < 4.78 is 2.49. The predicted octanol–water partition coefficient (Wildman–Crippen LogP) is 13.9. The van der Waals surface area contributed by atoms with Crippen molar-refractivity contribution in [3.05, 3.63) is 200 Å². The van der Waals surface area contributed by atoms with Crippen molar-refractivity contribution in [3.63, 3.8) is 0 Å². The SMILES string of the molecule is c1ccc(-c2ccc3c(c2)c2ccccc2c2ccccc2c2cc(-c4ccccc4)ccc2n3-c2ccc3c(ccc4ccccc43)c2)cc1. The smallest absolute Gasteiger partial charge is 0.0540 e. The molecule has 1 heterocycles. The van der Waals surface area contributed by atoms with E-state index in [1.807, 2.05) is 0 Å². The summed E-state index contributed by atoms with van der Waals surface area (Å²) in [4.78, 5) is 0. The van der Waals surface area contributed by atoms with Crippen LogP contribution >= 0.6 is 0 Å². The molecular formula is C50H33N.